The molecule has 6 heteroatoms. The van der Waals surface area contributed by atoms with E-state index in [1.807, 2.05) is 48.0 Å². The van der Waals surface area contributed by atoms with E-state index in [0.29, 0.717) is 4.88 Å². The zero-order chi connectivity index (χ0) is 15.7. The summed E-state index contributed by atoms with van der Waals surface area (Å²) >= 11 is 1.41. The van der Waals surface area contributed by atoms with Gasteiger partial charge in [-0.1, -0.05) is 18.2 Å². The highest BCUT2D eigenvalue weighted by molar-refractivity contribution is 7.20. The van der Waals surface area contributed by atoms with Crippen LogP contribution in [0.1, 0.15) is 22.3 Å². The van der Waals surface area contributed by atoms with E-state index in [1.165, 1.54) is 11.3 Å². The average Bonchev–Trinajstić information content (AvgIpc) is 3.09. The molecule has 2 heterocycles. The Balaban J connectivity index is 2.02. The van der Waals surface area contributed by atoms with Gasteiger partial charge in [-0.15, -0.1) is 11.3 Å². The number of carbonyl (C=O) groups is 1. The Kier molecular flexibility index (Phi) is 3.96. The zero-order valence-electron chi connectivity index (χ0n) is 12.4. The van der Waals surface area contributed by atoms with Gasteiger partial charge < -0.3 is 10.4 Å². The predicted molar refractivity (Wildman–Crippen MR) is 87.7 cm³/mol. The third-order valence-electron chi connectivity index (χ3n) is 3.42. The maximum absolute atomic E-state index is 12.2. The van der Waals surface area contributed by atoms with Crippen LogP contribution < -0.4 is 5.32 Å². The van der Waals surface area contributed by atoms with Gasteiger partial charge in [0.25, 0.3) is 5.91 Å². The first-order chi connectivity index (χ1) is 10.6. The van der Waals surface area contributed by atoms with E-state index in [2.05, 4.69) is 10.4 Å². The third-order valence-corrected chi connectivity index (χ3v) is 4.53. The molecule has 0 spiro atoms. The summed E-state index contributed by atoms with van der Waals surface area (Å²) in [4.78, 5) is 13.8. The summed E-state index contributed by atoms with van der Waals surface area (Å²) in [6.45, 7) is 3.63. The first-order valence-electron chi connectivity index (χ1n) is 7.06. The fraction of sp³-hybridized carbons (Fsp3) is 0.250. The largest absolute Gasteiger partial charge is 0.394 e. The molecule has 1 aromatic carbocycles. The van der Waals surface area contributed by atoms with Crippen molar-refractivity contribution in [3.05, 3.63) is 47.0 Å². The lowest BCUT2D eigenvalue weighted by Gasteiger charge is -2.08. The highest BCUT2D eigenvalue weighted by Crippen LogP contribution is 2.30. The molecule has 2 aromatic heterocycles. The summed E-state index contributed by atoms with van der Waals surface area (Å²) in [6.07, 6.45) is 0. The van der Waals surface area contributed by atoms with Gasteiger partial charge >= 0.3 is 0 Å². The lowest BCUT2D eigenvalue weighted by molar-refractivity contribution is 0.0926. The fourth-order valence-corrected chi connectivity index (χ4v) is 3.33. The smallest absolute Gasteiger partial charge is 0.261 e. The minimum absolute atomic E-state index is 0.0759. The van der Waals surface area contributed by atoms with Crippen LogP contribution in [-0.4, -0.2) is 33.4 Å². The molecule has 0 aliphatic rings. The maximum Gasteiger partial charge on any atom is 0.261 e. The number of thiophene rings is 1. The second-order valence-electron chi connectivity index (χ2n) is 5.22. The third kappa shape index (κ3) is 2.63. The first-order valence-corrected chi connectivity index (χ1v) is 7.88. The van der Waals surface area contributed by atoms with Gasteiger partial charge in [-0.2, -0.15) is 5.10 Å². The zero-order valence-corrected chi connectivity index (χ0v) is 13.2. The monoisotopic (exact) mass is 315 g/mol. The SMILES string of the molecule is Cc1nn(-c2ccccc2)c2sc(C(=O)N[C@@H](C)CO)cc12. The number of carbonyl (C=O) groups excluding carboxylic acids is 1. The predicted octanol–water partition coefficient (Wildman–Crippen LogP) is 2.51. The number of fused-ring (bicyclic) bond motifs is 1. The minimum Gasteiger partial charge on any atom is -0.394 e. The maximum atomic E-state index is 12.2. The van der Waals surface area contributed by atoms with Crippen LogP contribution in [-0.2, 0) is 0 Å². The van der Waals surface area contributed by atoms with Gasteiger partial charge in [-0.05, 0) is 32.0 Å². The number of aromatic nitrogens is 2. The van der Waals surface area contributed by atoms with Gasteiger partial charge in [0.15, 0.2) is 0 Å². The van der Waals surface area contributed by atoms with Crippen molar-refractivity contribution >= 4 is 27.5 Å². The number of hydrogen-bond donors (Lipinski definition) is 2. The number of nitrogens with zero attached hydrogens (tertiary/aromatic N) is 2. The van der Waals surface area contributed by atoms with Crippen molar-refractivity contribution in [1.29, 1.82) is 0 Å². The van der Waals surface area contributed by atoms with Gasteiger partial charge in [-0.25, -0.2) is 4.68 Å². The summed E-state index contributed by atoms with van der Waals surface area (Å²) in [5.41, 5.74) is 1.86. The number of nitrogens with one attached hydrogen (secondary N) is 1. The van der Waals surface area contributed by atoms with E-state index in [1.54, 1.807) is 6.92 Å². The molecule has 0 saturated carbocycles. The summed E-state index contributed by atoms with van der Waals surface area (Å²) in [5.74, 6) is -0.165. The van der Waals surface area contributed by atoms with Crippen LogP contribution in [0, 0.1) is 6.92 Å². The minimum atomic E-state index is -0.260. The van der Waals surface area contributed by atoms with Crippen LogP contribution in [0.3, 0.4) is 0 Å². The van der Waals surface area contributed by atoms with Crippen molar-refractivity contribution in [1.82, 2.24) is 15.1 Å². The number of aliphatic hydroxyl groups is 1. The highest BCUT2D eigenvalue weighted by Gasteiger charge is 2.17. The summed E-state index contributed by atoms with van der Waals surface area (Å²) < 4.78 is 1.86. The van der Waals surface area contributed by atoms with E-state index >= 15 is 0 Å². The van der Waals surface area contributed by atoms with Crippen molar-refractivity contribution in [2.45, 2.75) is 19.9 Å². The number of rotatable bonds is 4. The fourth-order valence-electron chi connectivity index (χ4n) is 2.24. The van der Waals surface area contributed by atoms with Crippen molar-refractivity contribution in [3.63, 3.8) is 0 Å². The Bertz CT molecular complexity index is 808. The number of amides is 1. The molecular weight excluding hydrogens is 298 g/mol. The standard InChI is InChI=1S/C16H17N3O2S/c1-10(9-20)17-15(21)14-8-13-11(2)18-19(16(13)22-14)12-6-4-3-5-7-12/h3-8,10,20H,9H2,1-2H3,(H,17,21)/t10-/m0/s1. The summed E-state index contributed by atoms with van der Waals surface area (Å²) in [5, 5.41) is 17.3. The number of para-hydroxylation sites is 1. The molecule has 1 amide bonds. The van der Waals surface area contributed by atoms with E-state index in [9.17, 15) is 4.79 Å². The Hall–Kier alpha value is -2.18. The molecule has 114 valence electrons. The van der Waals surface area contributed by atoms with Crippen LogP contribution in [0.5, 0.6) is 0 Å². The molecular formula is C16H17N3O2S. The molecule has 3 rings (SSSR count). The quantitative estimate of drug-likeness (QED) is 0.777. The molecule has 1 atom stereocenters. The number of benzene rings is 1. The van der Waals surface area contributed by atoms with Gasteiger partial charge in [-0.3, -0.25) is 4.79 Å². The Morgan fingerprint density at radius 3 is 2.82 bits per heavy atom. The van der Waals surface area contributed by atoms with E-state index in [-0.39, 0.29) is 18.6 Å². The van der Waals surface area contributed by atoms with E-state index in [0.717, 1.165) is 21.6 Å². The van der Waals surface area contributed by atoms with Gasteiger partial charge in [0.2, 0.25) is 0 Å². The molecule has 2 N–H and O–H groups in total. The van der Waals surface area contributed by atoms with Crippen LogP contribution in [0.25, 0.3) is 15.9 Å². The Labute approximate surface area is 132 Å². The lowest BCUT2D eigenvalue weighted by Crippen LogP contribution is -2.34. The summed E-state index contributed by atoms with van der Waals surface area (Å²) in [7, 11) is 0. The van der Waals surface area contributed by atoms with Gasteiger partial charge in [0, 0.05) is 11.4 Å². The van der Waals surface area contributed by atoms with Crippen molar-refractivity contribution < 1.29 is 9.90 Å². The summed E-state index contributed by atoms with van der Waals surface area (Å²) in [6, 6.07) is 11.5. The van der Waals surface area contributed by atoms with E-state index < -0.39 is 0 Å². The van der Waals surface area contributed by atoms with Crippen molar-refractivity contribution in [2.75, 3.05) is 6.61 Å². The van der Waals surface area contributed by atoms with Gasteiger partial charge in [0.05, 0.1) is 22.9 Å². The molecule has 0 radical (unpaired) electrons. The normalized spacial score (nSPS) is 12.5. The van der Waals surface area contributed by atoms with Crippen LogP contribution in [0.2, 0.25) is 0 Å². The molecule has 5 nitrogen and oxygen atoms in total. The second-order valence-corrected chi connectivity index (χ2v) is 6.25. The molecule has 0 fully saturated rings. The molecule has 0 unspecified atom stereocenters. The average molecular weight is 315 g/mol. The molecule has 0 saturated heterocycles. The molecule has 0 bridgehead atoms. The molecule has 22 heavy (non-hydrogen) atoms. The van der Waals surface area contributed by atoms with Crippen molar-refractivity contribution in [3.8, 4) is 5.69 Å². The molecule has 0 aliphatic carbocycles. The number of aryl methyl sites for hydroxylation is 1. The second kappa shape index (κ2) is 5.90. The Morgan fingerprint density at radius 1 is 1.41 bits per heavy atom. The van der Waals surface area contributed by atoms with E-state index in [4.69, 9.17) is 5.11 Å². The lowest BCUT2D eigenvalue weighted by atomic mass is 10.3. The van der Waals surface area contributed by atoms with Crippen LogP contribution in [0.15, 0.2) is 36.4 Å². The Morgan fingerprint density at radius 2 is 2.14 bits per heavy atom. The van der Waals surface area contributed by atoms with Crippen LogP contribution in [0.4, 0.5) is 0 Å². The first kappa shape index (κ1) is 14.7. The highest BCUT2D eigenvalue weighted by atomic mass is 32.1. The van der Waals surface area contributed by atoms with Crippen molar-refractivity contribution in [2.24, 2.45) is 0 Å². The molecule has 0 aliphatic heterocycles. The number of aliphatic hydroxyl groups excluding tert-OH is 1. The topological polar surface area (TPSA) is 67.2 Å². The van der Waals surface area contributed by atoms with Crippen LogP contribution >= 0.6 is 11.3 Å². The molecule has 3 aromatic rings. The number of hydrogen-bond acceptors (Lipinski definition) is 4. The van der Waals surface area contributed by atoms with Gasteiger partial charge in [0.1, 0.15) is 4.83 Å².